The molecule has 2 rings (SSSR count). The summed E-state index contributed by atoms with van der Waals surface area (Å²) in [5.41, 5.74) is 0.951. The largest absolute Gasteiger partial charge is 0.484 e. The average molecular weight is 345 g/mol. The van der Waals surface area contributed by atoms with Crippen molar-refractivity contribution in [1.29, 1.82) is 0 Å². The van der Waals surface area contributed by atoms with Gasteiger partial charge >= 0.3 is 0 Å². The maximum absolute atomic E-state index is 5.91. The number of rotatable bonds is 5. The molecule has 0 bridgehead atoms. The summed E-state index contributed by atoms with van der Waals surface area (Å²) in [4.78, 5) is 4.22. The number of halogens is 2. The Morgan fingerprint density at radius 2 is 2.21 bits per heavy atom. The van der Waals surface area contributed by atoms with Gasteiger partial charge in [-0.05, 0) is 35.8 Å². The predicted octanol–water partition coefficient (Wildman–Crippen LogP) is 3.94. The van der Waals surface area contributed by atoms with E-state index in [2.05, 4.69) is 39.9 Å². The molecule has 0 spiro atoms. The molecule has 0 aliphatic carbocycles. The summed E-state index contributed by atoms with van der Waals surface area (Å²) in [6.07, 6.45) is 1.54. The van der Waals surface area contributed by atoms with Gasteiger partial charge in [0.2, 0.25) is 0 Å². The van der Waals surface area contributed by atoms with Crippen LogP contribution in [-0.2, 0) is 12.5 Å². The van der Waals surface area contributed by atoms with Gasteiger partial charge in [-0.2, -0.15) is 5.10 Å². The molecule has 0 fully saturated rings. The first kappa shape index (κ1) is 14.3. The van der Waals surface area contributed by atoms with E-state index in [1.807, 2.05) is 22.9 Å². The number of hydrogen-bond donors (Lipinski definition) is 0. The number of alkyl halides is 1. The molecule has 4 nitrogen and oxygen atoms in total. The van der Waals surface area contributed by atoms with Gasteiger partial charge in [0.25, 0.3) is 0 Å². The van der Waals surface area contributed by atoms with Crippen LogP contribution in [0.4, 0.5) is 0 Å². The van der Waals surface area contributed by atoms with Crippen molar-refractivity contribution in [2.45, 2.75) is 32.4 Å². The van der Waals surface area contributed by atoms with Crippen LogP contribution in [0.3, 0.4) is 0 Å². The van der Waals surface area contributed by atoms with E-state index >= 15 is 0 Å². The number of aromatic nitrogens is 3. The van der Waals surface area contributed by atoms with E-state index in [-0.39, 0.29) is 6.04 Å². The zero-order valence-electron chi connectivity index (χ0n) is 10.8. The first-order chi connectivity index (χ1) is 9.13. The van der Waals surface area contributed by atoms with E-state index in [1.54, 1.807) is 6.33 Å². The third kappa shape index (κ3) is 3.28. The van der Waals surface area contributed by atoms with Crippen molar-refractivity contribution in [3.05, 3.63) is 40.4 Å². The van der Waals surface area contributed by atoms with E-state index in [1.165, 1.54) is 0 Å². The maximum atomic E-state index is 5.91. The normalized spacial score (nSPS) is 11.0. The van der Waals surface area contributed by atoms with E-state index in [9.17, 15) is 0 Å². The van der Waals surface area contributed by atoms with Crippen LogP contribution in [-0.4, -0.2) is 14.8 Å². The van der Waals surface area contributed by atoms with Gasteiger partial charge in [-0.15, -0.1) is 11.6 Å². The summed E-state index contributed by atoms with van der Waals surface area (Å²) < 4.78 is 8.57. The molecule has 0 unspecified atom stereocenters. The van der Waals surface area contributed by atoms with Crippen molar-refractivity contribution >= 4 is 27.5 Å². The van der Waals surface area contributed by atoms with Gasteiger partial charge in [0.15, 0.2) is 5.82 Å². The molecule has 1 aromatic heterocycles. The highest BCUT2D eigenvalue weighted by atomic mass is 79.9. The second kappa shape index (κ2) is 6.39. The molecule has 1 aromatic carbocycles. The van der Waals surface area contributed by atoms with Crippen LogP contribution in [0.25, 0.3) is 0 Å². The van der Waals surface area contributed by atoms with Crippen molar-refractivity contribution in [3.8, 4) is 5.75 Å². The lowest BCUT2D eigenvalue weighted by atomic mass is 10.2. The number of nitrogens with zero attached hydrogens (tertiary/aromatic N) is 3. The number of benzene rings is 1. The summed E-state index contributed by atoms with van der Waals surface area (Å²) in [5, 5.41) is 4.18. The molecule has 0 atom stereocenters. The summed E-state index contributed by atoms with van der Waals surface area (Å²) in [6.45, 7) is 4.48. The maximum Gasteiger partial charge on any atom is 0.165 e. The van der Waals surface area contributed by atoms with Gasteiger partial charge in [-0.25, -0.2) is 9.67 Å². The molecular formula is C13H15BrClN3O. The van der Waals surface area contributed by atoms with E-state index < -0.39 is 0 Å². The number of hydrogen-bond acceptors (Lipinski definition) is 3. The standard InChI is InChI=1S/C13H15BrClN3O/c1-9(2)18-12(16-8-17-18)7-19-13-10(6-15)4-3-5-11(13)14/h3-5,8-9H,6-7H2,1-2H3. The Morgan fingerprint density at radius 1 is 1.42 bits per heavy atom. The third-order valence-corrected chi connectivity index (χ3v) is 3.59. The van der Waals surface area contributed by atoms with E-state index in [0.29, 0.717) is 12.5 Å². The summed E-state index contributed by atoms with van der Waals surface area (Å²) >= 11 is 9.39. The van der Waals surface area contributed by atoms with Gasteiger partial charge in [0.05, 0.1) is 10.4 Å². The average Bonchev–Trinajstić information content (AvgIpc) is 2.85. The highest BCUT2D eigenvalue weighted by Gasteiger charge is 2.11. The highest BCUT2D eigenvalue weighted by Crippen LogP contribution is 2.30. The second-order valence-electron chi connectivity index (χ2n) is 4.36. The summed E-state index contributed by atoms with van der Waals surface area (Å²) in [5.74, 6) is 1.97. The van der Waals surface area contributed by atoms with Crippen LogP contribution < -0.4 is 4.74 Å². The molecule has 19 heavy (non-hydrogen) atoms. The highest BCUT2D eigenvalue weighted by molar-refractivity contribution is 9.10. The number of ether oxygens (including phenoxy) is 1. The Morgan fingerprint density at radius 3 is 2.89 bits per heavy atom. The van der Waals surface area contributed by atoms with Crippen molar-refractivity contribution in [2.75, 3.05) is 0 Å². The minimum Gasteiger partial charge on any atom is -0.484 e. The van der Waals surface area contributed by atoms with Crippen LogP contribution in [0.5, 0.6) is 5.75 Å². The Labute approximate surface area is 125 Å². The van der Waals surface area contributed by atoms with Crippen LogP contribution in [0.15, 0.2) is 29.0 Å². The summed E-state index contributed by atoms with van der Waals surface area (Å²) in [7, 11) is 0. The first-order valence-corrected chi connectivity index (χ1v) is 7.30. The topological polar surface area (TPSA) is 39.9 Å². The fraction of sp³-hybridized carbons (Fsp3) is 0.385. The van der Waals surface area contributed by atoms with Crippen LogP contribution in [0.2, 0.25) is 0 Å². The molecule has 1 heterocycles. The molecule has 0 aliphatic rings. The van der Waals surface area contributed by atoms with Gasteiger partial charge < -0.3 is 4.74 Å². The lowest BCUT2D eigenvalue weighted by Gasteiger charge is -2.13. The van der Waals surface area contributed by atoms with Crippen LogP contribution >= 0.6 is 27.5 Å². The van der Waals surface area contributed by atoms with Gasteiger partial charge in [0, 0.05) is 11.6 Å². The van der Waals surface area contributed by atoms with Gasteiger partial charge in [0.1, 0.15) is 18.7 Å². The lowest BCUT2D eigenvalue weighted by molar-refractivity contribution is 0.278. The molecule has 2 aromatic rings. The van der Waals surface area contributed by atoms with Gasteiger partial charge in [-0.3, -0.25) is 0 Å². The molecule has 0 amide bonds. The van der Waals surface area contributed by atoms with Crippen LogP contribution in [0.1, 0.15) is 31.3 Å². The second-order valence-corrected chi connectivity index (χ2v) is 5.49. The van der Waals surface area contributed by atoms with Crippen molar-refractivity contribution in [1.82, 2.24) is 14.8 Å². The zero-order valence-corrected chi connectivity index (χ0v) is 13.1. The fourth-order valence-corrected chi connectivity index (χ4v) is 2.50. The Balaban J connectivity index is 2.17. The summed E-state index contributed by atoms with van der Waals surface area (Å²) in [6, 6.07) is 6.07. The molecule has 0 aliphatic heterocycles. The molecule has 102 valence electrons. The molecule has 6 heteroatoms. The quantitative estimate of drug-likeness (QED) is 0.771. The fourth-order valence-electron chi connectivity index (χ4n) is 1.77. The minimum atomic E-state index is 0.257. The Hall–Kier alpha value is -1.07. The van der Waals surface area contributed by atoms with Crippen molar-refractivity contribution in [3.63, 3.8) is 0 Å². The van der Waals surface area contributed by atoms with Crippen molar-refractivity contribution in [2.24, 2.45) is 0 Å². The Bertz CT molecular complexity index is 557. The Kier molecular flexibility index (Phi) is 4.82. The smallest absolute Gasteiger partial charge is 0.165 e. The van der Waals surface area contributed by atoms with Crippen LogP contribution in [0, 0.1) is 0 Å². The van der Waals surface area contributed by atoms with Gasteiger partial charge in [-0.1, -0.05) is 12.1 Å². The monoisotopic (exact) mass is 343 g/mol. The zero-order chi connectivity index (χ0) is 13.8. The lowest BCUT2D eigenvalue weighted by Crippen LogP contribution is -2.11. The first-order valence-electron chi connectivity index (χ1n) is 5.98. The third-order valence-electron chi connectivity index (χ3n) is 2.67. The molecule has 0 radical (unpaired) electrons. The molecule has 0 N–H and O–H groups in total. The van der Waals surface area contributed by atoms with E-state index in [0.717, 1.165) is 21.6 Å². The SMILES string of the molecule is CC(C)n1ncnc1COc1c(Br)cccc1CCl. The van der Waals surface area contributed by atoms with E-state index in [4.69, 9.17) is 16.3 Å². The minimum absolute atomic E-state index is 0.257. The predicted molar refractivity (Wildman–Crippen MR) is 78.4 cm³/mol. The van der Waals surface area contributed by atoms with Crippen molar-refractivity contribution < 1.29 is 4.74 Å². The number of para-hydroxylation sites is 1. The molecule has 0 saturated heterocycles. The molecular weight excluding hydrogens is 330 g/mol. The molecule has 0 saturated carbocycles.